The molecule has 2 atom stereocenters. The molecule has 4 aromatic heterocycles. The SMILES string of the molecule is CCOC(=O)[C@@H]1C2CCC(CC2)[C@H]1Nc1nc(-c2c[nH]c3nc(C)cnc23)nc(-c2cccs2)c1F. The molecule has 2 bridgehead atoms. The second kappa shape index (κ2) is 9.24. The number of aryl methyl sites for hydroxylation is 1. The van der Waals surface area contributed by atoms with E-state index in [9.17, 15) is 4.79 Å². The summed E-state index contributed by atoms with van der Waals surface area (Å²) >= 11 is 1.41. The third-order valence-electron chi connectivity index (χ3n) is 7.43. The summed E-state index contributed by atoms with van der Waals surface area (Å²) in [6.45, 7) is 4.02. The van der Waals surface area contributed by atoms with E-state index < -0.39 is 5.82 Å². The van der Waals surface area contributed by atoms with E-state index in [0.717, 1.165) is 31.4 Å². The number of ether oxygens (including phenoxy) is 1. The topological polar surface area (TPSA) is 106 Å². The van der Waals surface area contributed by atoms with Crippen LogP contribution >= 0.6 is 11.3 Å². The summed E-state index contributed by atoms with van der Waals surface area (Å²) < 4.78 is 21.4. The van der Waals surface area contributed by atoms with Gasteiger partial charge in [-0.15, -0.1) is 11.3 Å². The maximum atomic E-state index is 16.0. The van der Waals surface area contributed by atoms with Gasteiger partial charge in [-0.05, 0) is 62.8 Å². The molecular weight excluding hydrogens is 479 g/mol. The smallest absolute Gasteiger partial charge is 0.311 e. The van der Waals surface area contributed by atoms with Crippen LogP contribution < -0.4 is 5.32 Å². The predicted octanol–water partition coefficient (Wildman–Crippen LogP) is 5.37. The Kier molecular flexibility index (Phi) is 5.91. The fourth-order valence-electron chi connectivity index (χ4n) is 5.79. The first-order chi connectivity index (χ1) is 17.5. The van der Waals surface area contributed by atoms with Crippen LogP contribution in [0.3, 0.4) is 0 Å². The van der Waals surface area contributed by atoms with Gasteiger partial charge in [0.25, 0.3) is 0 Å². The average molecular weight is 507 g/mol. The first-order valence-corrected chi connectivity index (χ1v) is 13.3. The lowest BCUT2D eigenvalue weighted by atomic mass is 9.61. The summed E-state index contributed by atoms with van der Waals surface area (Å²) in [5.74, 6) is -0.103. The van der Waals surface area contributed by atoms with Crippen molar-refractivity contribution in [2.45, 2.75) is 45.6 Å². The molecular formula is C26H27FN6O2S. The quantitative estimate of drug-likeness (QED) is 0.339. The van der Waals surface area contributed by atoms with Crippen LogP contribution in [-0.2, 0) is 9.53 Å². The largest absolute Gasteiger partial charge is 0.466 e. The normalized spacial score (nSPS) is 23.2. The molecule has 0 aromatic carbocycles. The number of nitrogens with one attached hydrogen (secondary N) is 2. The highest BCUT2D eigenvalue weighted by Crippen LogP contribution is 2.47. The molecule has 10 heteroatoms. The number of aromatic nitrogens is 5. The van der Waals surface area contributed by atoms with Gasteiger partial charge in [0.05, 0.1) is 28.7 Å². The van der Waals surface area contributed by atoms with Crippen molar-refractivity contribution in [3.05, 3.63) is 41.4 Å². The van der Waals surface area contributed by atoms with E-state index in [2.05, 4.69) is 30.2 Å². The number of anilines is 1. The van der Waals surface area contributed by atoms with Crippen LogP contribution in [0.5, 0.6) is 0 Å². The Morgan fingerprint density at radius 3 is 2.78 bits per heavy atom. The number of fused-ring (bicyclic) bond motifs is 4. The van der Waals surface area contributed by atoms with Gasteiger partial charge >= 0.3 is 5.97 Å². The van der Waals surface area contributed by atoms with E-state index in [0.29, 0.717) is 34.0 Å². The van der Waals surface area contributed by atoms with E-state index in [1.165, 1.54) is 11.3 Å². The van der Waals surface area contributed by atoms with Crippen molar-refractivity contribution in [1.82, 2.24) is 24.9 Å². The summed E-state index contributed by atoms with van der Waals surface area (Å²) in [5, 5.41) is 5.25. The number of hydrogen-bond acceptors (Lipinski definition) is 8. The van der Waals surface area contributed by atoms with E-state index in [1.807, 2.05) is 31.4 Å². The molecule has 0 saturated heterocycles. The predicted molar refractivity (Wildman–Crippen MR) is 136 cm³/mol. The highest BCUT2D eigenvalue weighted by Gasteiger charge is 2.48. The van der Waals surface area contributed by atoms with Gasteiger partial charge < -0.3 is 15.0 Å². The highest BCUT2D eigenvalue weighted by molar-refractivity contribution is 7.13. The van der Waals surface area contributed by atoms with Crippen LogP contribution in [0.2, 0.25) is 0 Å². The van der Waals surface area contributed by atoms with Gasteiger partial charge in [-0.3, -0.25) is 9.78 Å². The van der Waals surface area contributed by atoms with Crippen LogP contribution in [0, 0.1) is 30.5 Å². The Morgan fingerprint density at radius 1 is 1.22 bits per heavy atom. The van der Waals surface area contributed by atoms with E-state index in [1.54, 1.807) is 12.4 Å². The van der Waals surface area contributed by atoms with Crippen LogP contribution in [0.4, 0.5) is 10.2 Å². The maximum Gasteiger partial charge on any atom is 0.311 e. The maximum absolute atomic E-state index is 16.0. The number of H-pyrrole nitrogens is 1. The Balaban J connectivity index is 1.45. The fraction of sp³-hybridized carbons (Fsp3) is 0.423. The summed E-state index contributed by atoms with van der Waals surface area (Å²) in [6.07, 6.45) is 7.45. The monoisotopic (exact) mass is 506 g/mol. The number of esters is 1. The number of rotatable bonds is 6. The molecule has 0 spiro atoms. The van der Waals surface area contributed by atoms with Gasteiger partial charge in [-0.25, -0.2) is 19.3 Å². The molecule has 8 nitrogen and oxygen atoms in total. The Bertz CT molecular complexity index is 1410. The van der Waals surface area contributed by atoms with Crippen LogP contribution in [0.25, 0.3) is 33.1 Å². The molecule has 7 rings (SSSR count). The third kappa shape index (κ3) is 3.93. The van der Waals surface area contributed by atoms with Gasteiger partial charge in [0.15, 0.2) is 23.1 Å². The van der Waals surface area contributed by atoms with Gasteiger partial charge in [0, 0.05) is 18.4 Å². The van der Waals surface area contributed by atoms with Crippen LogP contribution in [0.15, 0.2) is 29.9 Å². The van der Waals surface area contributed by atoms with Crippen molar-refractivity contribution >= 4 is 34.3 Å². The van der Waals surface area contributed by atoms with Crippen LogP contribution in [0.1, 0.15) is 38.3 Å². The Morgan fingerprint density at radius 2 is 2.03 bits per heavy atom. The van der Waals surface area contributed by atoms with Crippen molar-refractivity contribution in [1.29, 1.82) is 0 Å². The minimum absolute atomic E-state index is 0.102. The molecule has 4 aromatic rings. The highest BCUT2D eigenvalue weighted by atomic mass is 32.1. The minimum atomic E-state index is -0.521. The molecule has 0 radical (unpaired) electrons. The molecule has 36 heavy (non-hydrogen) atoms. The number of nitrogens with zero attached hydrogens (tertiary/aromatic N) is 4. The summed E-state index contributed by atoms with van der Waals surface area (Å²) in [6, 6.07) is 3.47. The zero-order valence-corrected chi connectivity index (χ0v) is 20.9. The summed E-state index contributed by atoms with van der Waals surface area (Å²) in [5.41, 5.74) is 2.90. The molecule has 0 amide bonds. The lowest BCUT2D eigenvalue weighted by molar-refractivity contribution is -0.154. The first-order valence-electron chi connectivity index (χ1n) is 12.4. The number of hydrogen-bond donors (Lipinski definition) is 2. The van der Waals surface area contributed by atoms with Gasteiger partial charge in [0.1, 0.15) is 11.2 Å². The van der Waals surface area contributed by atoms with Gasteiger partial charge in [-0.2, -0.15) is 0 Å². The molecule has 186 valence electrons. The third-order valence-corrected chi connectivity index (χ3v) is 8.31. The number of halogens is 1. The van der Waals surface area contributed by atoms with Gasteiger partial charge in [-0.1, -0.05) is 6.07 Å². The minimum Gasteiger partial charge on any atom is -0.466 e. The molecule has 3 saturated carbocycles. The second-order valence-electron chi connectivity index (χ2n) is 9.57. The molecule has 3 aliphatic rings. The van der Waals surface area contributed by atoms with Crippen molar-refractivity contribution in [3.63, 3.8) is 0 Å². The first kappa shape index (κ1) is 23.0. The fourth-order valence-corrected chi connectivity index (χ4v) is 6.49. The lowest BCUT2D eigenvalue weighted by Crippen LogP contribution is -2.52. The number of carbonyl (C=O) groups is 1. The molecule has 0 aliphatic heterocycles. The Hall–Kier alpha value is -3.40. The molecule has 3 aliphatic carbocycles. The number of thiophene rings is 1. The zero-order chi connectivity index (χ0) is 24.8. The zero-order valence-electron chi connectivity index (χ0n) is 20.1. The van der Waals surface area contributed by atoms with E-state index in [4.69, 9.17) is 4.74 Å². The van der Waals surface area contributed by atoms with Crippen molar-refractivity contribution in [2.75, 3.05) is 11.9 Å². The van der Waals surface area contributed by atoms with Crippen LogP contribution in [-0.4, -0.2) is 43.5 Å². The lowest BCUT2D eigenvalue weighted by Gasteiger charge is -2.47. The standard InChI is InChI=1S/C26H27FN6O2S/c1-3-35-26(34)18-14-6-8-15(9-7-14)20(18)31-24-19(27)22(17-5-4-10-36-17)32-23(33-24)16-12-29-25-21(16)28-11-13(2)30-25/h4-5,10-12,14-15,18,20H,3,6-9H2,1-2H3,(H,29,30)(H,31,32,33)/t14?,15?,18-,20-/m1/s1. The van der Waals surface area contributed by atoms with E-state index >= 15 is 4.39 Å². The molecule has 4 heterocycles. The molecule has 0 unspecified atom stereocenters. The average Bonchev–Trinajstić information content (AvgIpc) is 3.56. The van der Waals surface area contributed by atoms with Crippen molar-refractivity contribution in [3.8, 4) is 22.0 Å². The molecule has 3 fully saturated rings. The van der Waals surface area contributed by atoms with E-state index in [-0.39, 0.29) is 41.3 Å². The second-order valence-corrected chi connectivity index (χ2v) is 10.5. The molecule has 2 N–H and O–H groups in total. The van der Waals surface area contributed by atoms with Gasteiger partial charge in [0.2, 0.25) is 0 Å². The number of aromatic amines is 1. The summed E-state index contributed by atoms with van der Waals surface area (Å²) in [7, 11) is 0. The number of carbonyl (C=O) groups excluding carboxylic acids is 1. The summed E-state index contributed by atoms with van der Waals surface area (Å²) in [4.78, 5) is 35.0. The van der Waals surface area contributed by atoms with Crippen molar-refractivity contribution < 1.29 is 13.9 Å². The van der Waals surface area contributed by atoms with Crippen molar-refractivity contribution in [2.24, 2.45) is 17.8 Å². The Labute approximate surface area is 211 Å².